The Balaban J connectivity index is 2.16. The molecule has 0 spiro atoms. The van der Waals surface area contributed by atoms with Crippen LogP contribution in [0.2, 0.25) is 0 Å². The van der Waals surface area contributed by atoms with E-state index >= 15 is 0 Å². The van der Waals surface area contributed by atoms with Crippen LogP contribution >= 0.6 is 0 Å². The molecule has 0 radical (unpaired) electrons. The van der Waals surface area contributed by atoms with Crippen LogP contribution in [0.1, 0.15) is 37.5 Å². The van der Waals surface area contributed by atoms with E-state index in [0.29, 0.717) is 5.92 Å². The summed E-state index contributed by atoms with van der Waals surface area (Å²) in [4.78, 5) is 14.7. The fraction of sp³-hybridized carbons (Fsp3) is 0.625. The molecule has 2 rings (SSSR count). The number of rotatable bonds is 3. The lowest BCUT2D eigenvalue weighted by atomic mass is 10.4. The molecular weight excluding hydrogens is 170 g/mol. The predicted molar refractivity (Wildman–Crippen MR) is 44.3 cm³/mol. The highest BCUT2D eigenvalue weighted by atomic mass is 16.4. The van der Waals surface area contributed by atoms with Crippen molar-refractivity contribution in [3.05, 3.63) is 12.2 Å². The van der Waals surface area contributed by atoms with E-state index in [0.717, 1.165) is 18.7 Å². The van der Waals surface area contributed by atoms with Crippen molar-refractivity contribution in [1.82, 2.24) is 14.8 Å². The van der Waals surface area contributed by atoms with Gasteiger partial charge in [-0.05, 0) is 19.8 Å². The minimum absolute atomic E-state index is 0.474. The van der Waals surface area contributed by atoms with E-state index in [2.05, 4.69) is 10.1 Å². The van der Waals surface area contributed by atoms with Crippen molar-refractivity contribution in [2.45, 2.75) is 31.7 Å². The molecule has 0 aromatic carbocycles. The lowest BCUT2D eigenvalue weighted by molar-refractivity contribution is -0.140. The molecule has 1 aromatic heterocycles. The summed E-state index contributed by atoms with van der Waals surface area (Å²) in [6.07, 6.45) is 3.75. The highest BCUT2D eigenvalue weighted by Crippen LogP contribution is 2.37. The zero-order valence-electron chi connectivity index (χ0n) is 7.34. The molecule has 1 saturated carbocycles. The van der Waals surface area contributed by atoms with Gasteiger partial charge in [0.2, 0.25) is 0 Å². The SMILES string of the molecule is CC(C(=O)O)n1cnc(C2CC2)n1. The normalized spacial score (nSPS) is 18.5. The molecule has 1 atom stereocenters. The third kappa shape index (κ3) is 1.54. The highest BCUT2D eigenvalue weighted by molar-refractivity contribution is 5.71. The van der Waals surface area contributed by atoms with Crippen LogP contribution < -0.4 is 0 Å². The number of aliphatic carboxylic acids is 1. The van der Waals surface area contributed by atoms with E-state index < -0.39 is 12.0 Å². The van der Waals surface area contributed by atoms with Gasteiger partial charge in [-0.3, -0.25) is 0 Å². The fourth-order valence-electron chi connectivity index (χ4n) is 1.12. The molecule has 5 nitrogen and oxygen atoms in total. The van der Waals surface area contributed by atoms with Crippen LogP contribution in [-0.4, -0.2) is 25.8 Å². The molecule has 0 aliphatic heterocycles. The summed E-state index contributed by atoms with van der Waals surface area (Å²) < 4.78 is 1.40. The van der Waals surface area contributed by atoms with Gasteiger partial charge in [0.1, 0.15) is 12.4 Å². The Hall–Kier alpha value is -1.39. The van der Waals surface area contributed by atoms with Crippen molar-refractivity contribution in [3.63, 3.8) is 0 Å². The molecule has 1 aliphatic rings. The summed E-state index contributed by atoms with van der Waals surface area (Å²) in [5, 5.41) is 12.8. The molecule has 1 heterocycles. The highest BCUT2D eigenvalue weighted by Gasteiger charge is 2.28. The zero-order chi connectivity index (χ0) is 9.42. The van der Waals surface area contributed by atoms with Gasteiger partial charge in [0, 0.05) is 5.92 Å². The van der Waals surface area contributed by atoms with E-state index in [4.69, 9.17) is 5.11 Å². The first-order valence-electron chi connectivity index (χ1n) is 4.32. The Labute approximate surface area is 75.4 Å². The van der Waals surface area contributed by atoms with Gasteiger partial charge in [-0.2, -0.15) is 5.10 Å². The van der Waals surface area contributed by atoms with Crippen LogP contribution in [0.15, 0.2) is 6.33 Å². The first kappa shape index (κ1) is 8.22. The maximum absolute atomic E-state index is 10.6. The van der Waals surface area contributed by atoms with Gasteiger partial charge in [0.05, 0.1) is 0 Å². The third-order valence-electron chi connectivity index (χ3n) is 2.22. The minimum Gasteiger partial charge on any atom is -0.480 e. The first-order valence-corrected chi connectivity index (χ1v) is 4.32. The maximum Gasteiger partial charge on any atom is 0.328 e. The molecule has 1 unspecified atom stereocenters. The Bertz CT molecular complexity index is 330. The van der Waals surface area contributed by atoms with Gasteiger partial charge in [-0.25, -0.2) is 14.5 Å². The molecule has 70 valence electrons. The molecule has 1 aromatic rings. The second-order valence-corrected chi connectivity index (χ2v) is 3.37. The Morgan fingerprint density at radius 1 is 1.77 bits per heavy atom. The Morgan fingerprint density at radius 3 is 3.00 bits per heavy atom. The standard InChI is InChI=1S/C8H11N3O2/c1-5(8(12)13)11-4-9-7(10-11)6-2-3-6/h4-6H,2-3H2,1H3,(H,12,13). The average molecular weight is 181 g/mol. The molecule has 13 heavy (non-hydrogen) atoms. The number of carboxylic acids is 1. The molecule has 0 bridgehead atoms. The van der Waals surface area contributed by atoms with Gasteiger partial charge < -0.3 is 5.11 Å². The van der Waals surface area contributed by atoms with Crippen molar-refractivity contribution < 1.29 is 9.90 Å². The number of hydrogen-bond donors (Lipinski definition) is 1. The smallest absolute Gasteiger partial charge is 0.328 e. The van der Waals surface area contributed by atoms with Crippen LogP contribution in [-0.2, 0) is 4.79 Å². The summed E-state index contributed by atoms with van der Waals surface area (Å²) in [7, 11) is 0. The lowest BCUT2D eigenvalue weighted by Crippen LogP contribution is -2.16. The van der Waals surface area contributed by atoms with Gasteiger partial charge in [-0.15, -0.1) is 0 Å². The van der Waals surface area contributed by atoms with Crippen molar-refractivity contribution >= 4 is 5.97 Å². The van der Waals surface area contributed by atoms with Gasteiger partial charge >= 0.3 is 5.97 Å². The molecular formula is C8H11N3O2. The quantitative estimate of drug-likeness (QED) is 0.748. The second kappa shape index (κ2) is 2.83. The monoisotopic (exact) mass is 181 g/mol. The van der Waals surface area contributed by atoms with E-state index in [1.54, 1.807) is 6.92 Å². The van der Waals surface area contributed by atoms with Crippen molar-refractivity contribution in [1.29, 1.82) is 0 Å². The number of carbonyl (C=O) groups is 1. The largest absolute Gasteiger partial charge is 0.480 e. The zero-order valence-corrected chi connectivity index (χ0v) is 7.34. The summed E-state index contributed by atoms with van der Waals surface area (Å²) in [6.45, 7) is 1.59. The van der Waals surface area contributed by atoms with Crippen LogP contribution in [0.5, 0.6) is 0 Å². The molecule has 1 aliphatic carbocycles. The lowest BCUT2D eigenvalue weighted by Gasteiger charge is -2.03. The summed E-state index contributed by atoms with van der Waals surface area (Å²) in [5.74, 6) is 0.377. The van der Waals surface area contributed by atoms with E-state index in [-0.39, 0.29) is 0 Å². The second-order valence-electron chi connectivity index (χ2n) is 3.37. The third-order valence-corrected chi connectivity index (χ3v) is 2.22. The summed E-state index contributed by atoms with van der Waals surface area (Å²) in [5.41, 5.74) is 0. The van der Waals surface area contributed by atoms with E-state index in [9.17, 15) is 4.79 Å². The van der Waals surface area contributed by atoms with Crippen LogP contribution in [0.4, 0.5) is 0 Å². The number of hydrogen-bond acceptors (Lipinski definition) is 3. The van der Waals surface area contributed by atoms with Crippen LogP contribution in [0.3, 0.4) is 0 Å². The fourth-order valence-corrected chi connectivity index (χ4v) is 1.12. The number of nitrogens with zero attached hydrogens (tertiary/aromatic N) is 3. The average Bonchev–Trinajstić information content (AvgIpc) is 2.83. The van der Waals surface area contributed by atoms with Crippen LogP contribution in [0.25, 0.3) is 0 Å². The topological polar surface area (TPSA) is 68.0 Å². The van der Waals surface area contributed by atoms with Gasteiger partial charge in [-0.1, -0.05) is 0 Å². The Morgan fingerprint density at radius 2 is 2.46 bits per heavy atom. The molecule has 0 amide bonds. The van der Waals surface area contributed by atoms with Gasteiger partial charge in [0.15, 0.2) is 5.82 Å². The van der Waals surface area contributed by atoms with Crippen molar-refractivity contribution in [2.75, 3.05) is 0 Å². The summed E-state index contributed by atoms with van der Waals surface area (Å²) >= 11 is 0. The number of carboxylic acid groups (broad SMARTS) is 1. The van der Waals surface area contributed by atoms with Crippen molar-refractivity contribution in [2.24, 2.45) is 0 Å². The van der Waals surface area contributed by atoms with E-state index in [1.165, 1.54) is 11.0 Å². The number of aromatic nitrogens is 3. The molecule has 1 fully saturated rings. The maximum atomic E-state index is 10.6. The summed E-state index contributed by atoms with van der Waals surface area (Å²) in [6, 6.07) is -0.625. The molecule has 1 N–H and O–H groups in total. The van der Waals surface area contributed by atoms with Crippen molar-refractivity contribution in [3.8, 4) is 0 Å². The van der Waals surface area contributed by atoms with E-state index in [1.807, 2.05) is 0 Å². The molecule has 0 saturated heterocycles. The Kier molecular flexibility index (Phi) is 1.79. The molecule has 5 heteroatoms. The predicted octanol–water partition coefficient (Wildman–Crippen LogP) is 0.801. The van der Waals surface area contributed by atoms with Crippen LogP contribution in [0, 0.1) is 0 Å². The first-order chi connectivity index (χ1) is 6.18. The minimum atomic E-state index is -0.882. The van der Waals surface area contributed by atoms with Gasteiger partial charge in [0.25, 0.3) is 0 Å².